The summed E-state index contributed by atoms with van der Waals surface area (Å²) in [7, 11) is 1.39. The molecule has 0 heterocycles. The van der Waals surface area contributed by atoms with Crippen LogP contribution in [-0.2, 0) is 9.53 Å². The van der Waals surface area contributed by atoms with Crippen molar-refractivity contribution in [3.63, 3.8) is 0 Å². The summed E-state index contributed by atoms with van der Waals surface area (Å²) in [6.07, 6.45) is 0. The second-order valence-corrected chi connectivity index (χ2v) is 4.48. The lowest BCUT2D eigenvalue weighted by molar-refractivity contribution is -0.139. The zero-order valence-electron chi connectivity index (χ0n) is 8.79. The first-order valence-corrected chi connectivity index (χ1v) is 5.77. The summed E-state index contributed by atoms with van der Waals surface area (Å²) in [6, 6.07) is 8.35. The topological polar surface area (TPSA) is 38.3 Å². The summed E-state index contributed by atoms with van der Waals surface area (Å²) in [5.41, 5.74) is 1.17. The van der Waals surface area contributed by atoms with Crippen LogP contribution in [0.1, 0.15) is 18.5 Å². The molecule has 1 aromatic carbocycles. The van der Waals surface area contributed by atoms with E-state index in [1.165, 1.54) is 16.2 Å². The lowest BCUT2D eigenvalue weighted by Crippen LogP contribution is -2.26. The lowest BCUT2D eigenvalue weighted by Gasteiger charge is -2.13. The summed E-state index contributed by atoms with van der Waals surface area (Å²) in [4.78, 5) is 10.9. The van der Waals surface area contributed by atoms with Gasteiger partial charge in [-0.3, -0.25) is 4.79 Å². The highest BCUT2D eigenvalue weighted by atomic mass is 127. The molecule has 4 heteroatoms. The predicted molar refractivity (Wildman–Crippen MR) is 67.6 cm³/mol. The van der Waals surface area contributed by atoms with Crippen LogP contribution in [0, 0.1) is 3.57 Å². The molecule has 0 saturated carbocycles. The number of benzene rings is 1. The van der Waals surface area contributed by atoms with Gasteiger partial charge in [0.2, 0.25) is 0 Å². The van der Waals surface area contributed by atoms with Crippen LogP contribution in [0.5, 0.6) is 0 Å². The number of esters is 1. The largest absolute Gasteiger partial charge is 0.468 e. The van der Waals surface area contributed by atoms with Crippen molar-refractivity contribution in [3.8, 4) is 0 Å². The SMILES string of the molecule is COC(=O)CN[C@@H](C)c1ccc(I)cc1. The molecule has 0 unspecified atom stereocenters. The fourth-order valence-electron chi connectivity index (χ4n) is 1.18. The van der Waals surface area contributed by atoms with Gasteiger partial charge >= 0.3 is 5.97 Å². The maximum absolute atomic E-state index is 10.9. The minimum atomic E-state index is -0.243. The Labute approximate surface area is 103 Å². The van der Waals surface area contributed by atoms with Crippen LogP contribution < -0.4 is 5.32 Å². The average molecular weight is 319 g/mol. The maximum atomic E-state index is 10.9. The Balaban J connectivity index is 2.50. The molecular formula is C11H14INO2. The first kappa shape index (κ1) is 12.4. The number of ether oxygens (including phenoxy) is 1. The molecule has 0 amide bonds. The van der Waals surface area contributed by atoms with Crippen LogP contribution in [-0.4, -0.2) is 19.6 Å². The second kappa shape index (κ2) is 6.07. The number of carbonyl (C=O) groups is 1. The fraction of sp³-hybridized carbons (Fsp3) is 0.364. The van der Waals surface area contributed by atoms with Crippen molar-refractivity contribution in [2.75, 3.05) is 13.7 Å². The highest BCUT2D eigenvalue weighted by Crippen LogP contribution is 2.13. The molecule has 0 aliphatic rings. The van der Waals surface area contributed by atoms with E-state index >= 15 is 0 Å². The van der Waals surface area contributed by atoms with E-state index in [-0.39, 0.29) is 18.6 Å². The van der Waals surface area contributed by atoms with Crippen LogP contribution >= 0.6 is 22.6 Å². The minimum Gasteiger partial charge on any atom is -0.468 e. The van der Waals surface area contributed by atoms with Crippen molar-refractivity contribution < 1.29 is 9.53 Å². The third-order valence-corrected chi connectivity index (χ3v) is 2.87. The van der Waals surface area contributed by atoms with E-state index in [9.17, 15) is 4.79 Å². The van der Waals surface area contributed by atoms with Crippen molar-refractivity contribution in [3.05, 3.63) is 33.4 Å². The summed E-state index contributed by atoms with van der Waals surface area (Å²) in [5, 5.41) is 3.09. The number of halogens is 1. The Kier molecular flexibility index (Phi) is 5.04. The Morgan fingerprint density at radius 3 is 2.60 bits per heavy atom. The molecule has 82 valence electrons. The molecule has 0 aliphatic carbocycles. The van der Waals surface area contributed by atoms with E-state index < -0.39 is 0 Å². The molecule has 0 bridgehead atoms. The smallest absolute Gasteiger partial charge is 0.319 e. The van der Waals surface area contributed by atoms with Crippen molar-refractivity contribution in [1.29, 1.82) is 0 Å². The predicted octanol–water partition coefficient (Wildman–Crippen LogP) is 2.11. The molecule has 1 rings (SSSR count). The molecule has 1 aromatic rings. The quantitative estimate of drug-likeness (QED) is 0.682. The molecular weight excluding hydrogens is 305 g/mol. The molecule has 0 radical (unpaired) electrons. The lowest BCUT2D eigenvalue weighted by atomic mass is 10.1. The third kappa shape index (κ3) is 4.17. The van der Waals surface area contributed by atoms with Gasteiger partial charge in [-0.2, -0.15) is 0 Å². The number of hydrogen-bond donors (Lipinski definition) is 1. The van der Waals surface area contributed by atoms with Gasteiger partial charge in [-0.1, -0.05) is 12.1 Å². The minimum absolute atomic E-state index is 0.154. The number of hydrogen-bond acceptors (Lipinski definition) is 3. The van der Waals surface area contributed by atoms with Crippen LogP contribution in [0.3, 0.4) is 0 Å². The van der Waals surface area contributed by atoms with Gasteiger partial charge in [0.05, 0.1) is 13.7 Å². The Hall–Kier alpha value is -0.620. The number of carbonyl (C=O) groups excluding carboxylic acids is 1. The molecule has 0 spiro atoms. The molecule has 0 saturated heterocycles. The van der Waals surface area contributed by atoms with Crippen molar-refractivity contribution in [1.82, 2.24) is 5.32 Å². The number of rotatable bonds is 4. The molecule has 0 fully saturated rings. The average Bonchev–Trinajstić information content (AvgIpc) is 2.26. The van der Waals surface area contributed by atoms with E-state index in [1.807, 2.05) is 19.1 Å². The summed E-state index contributed by atoms with van der Waals surface area (Å²) in [5.74, 6) is -0.243. The van der Waals surface area contributed by atoms with Gasteiger partial charge in [-0.25, -0.2) is 0 Å². The van der Waals surface area contributed by atoms with Crippen LogP contribution in [0.15, 0.2) is 24.3 Å². The van der Waals surface area contributed by atoms with Gasteiger partial charge in [0.25, 0.3) is 0 Å². The molecule has 15 heavy (non-hydrogen) atoms. The number of methoxy groups -OCH3 is 1. The molecule has 1 N–H and O–H groups in total. The van der Waals surface area contributed by atoms with Gasteiger partial charge in [-0.15, -0.1) is 0 Å². The van der Waals surface area contributed by atoms with E-state index in [0.29, 0.717) is 0 Å². The van der Waals surface area contributed by atoms with Crippen LogP contribution in [0.25, 0.3) is 0 Å². The number of nitrogens with one attached hydrogen (secondary N) is 1. The standard InChI is InChI=1S/C11H14INO2/c1-8(13-7-11(14)15-2)9-3-5-10(12)6-4-9/h3-6,8,13H,7H2,1-2H3/t8-/m0/s1. The molecule has 1 atom stereocenters. The molecule has 0 aromatic heterocycles. The van der Waals surface area contributed by atoms with Crippen molar-refractivity contribution in [2.45, 2.75) is 13.0 Å². The first-order valence-electron chi connectivity index (χ1n) is 4.69. The summed E-state index contributed by atoms with van der Waals surface area (Å²) < 4.78 is 5.76. The van der Waals surface area contributed by atoms with E-state index in [2.05, 4.69) is 44.8 Å². The Morgan fingerprint density at radius 2 is 2.07 bits per heavy atom. The zero-order valence-corrected chi connectivity index (χ0v) is 10.9. The third-order valence-electron chi connectivity index (χ3n) is 2.15. The van der Waals surface area contributed by atoms with Crippen molar-refractivity contribution >= 4 is 28.6 Å². The molecule has 0 aliphatic heterocycles. The second-order valence-electron chi connectivity index (χ2n) is 3.23. The van der Waals surface area contributed by atoms with Gasteiger partial charge < -0.3 is 10.1 Å². The van der Waals surface area contributed by atoms with E-state index in [4.69, 9.17) is 0 Å². The van der Waals surface area contributed by atoms with Crippen LogP contribution in [0.4, 0.5) is 0 Å². The highest BCUT2D eigenvalue weighted by Gasteiger charge is 2.06. The monoisotopic (exact) mass is 319 g/mol. The fourth-order valence-corrected chi connectivity index (χ4v) is 1.54. The van der Waals surface area contributed by atoms with E-state index in [0.717, 1.165) is 0 Å². The van der Waals surface area contributed by atoms with Gasteiger partial charge in [0, 0.05) is 9.61 Å². The summed E-state index contributed by atoms with van der Waals surface area (Å²) in [6.45, 7) is 2.26. The Bertz CT molecular complexity index is 324. The van der Waals surface area contributed by atoms with Crippen LogP contribution in [0.2, 0.25) is 0 Å². The molecule has 3 nitrogen and oxygen atoms in total. The highest BCUT2D eigenvalue weighted by molar-refractivity contribution is 14.1. The normalized spacial score (nSPS) is 12.2. The van der Waals surface area contributed by atoms with E-state index in [1.54, 1.807) is 0 Å². The maximum Gasteiger partial charge on any atom is 0.319 e. The zero-order chi connectivity index (χ0) is 11.3. The van der Waals surface area contributed by atoms with Gasteiger partial charge in [-0.05, 0) is 47.2 Å². The summed E-state index contributed by atoms with van der Waals surface area (Å²) >= 11 is 2.26. The Morgan fingerprint density at radius 1 is 1.47 bits per heavy atom. The van der Waals surface area contributed by atoms with Gasteiger partial charge in [0.1, 0.15) is 0 Å². The van der Waals surface area contributed by atoms with Crippen molar-refractivity contribution in [2.24, 2.45) is 0 Å². The first-order chi connectivity index (χ1) is 7.13. The van der Waals surface area contributed by atoms with Gasteiger partial charge in [0.15, 0.2) is 0 Å².